The number of hydrogen-bond acceptors (Lipinski definition) is 4. The molecule has 3 heterocycles. The number of imidazole rings is 1. The van der Waals surface area contributed by atoms with Crippen molar-refractivity contribution in [2.45, 2.75) is 38.8 Å². The summed E-state index contributed by atoms with van der Waals surface area (Å²) in [4.78, 5) is 23.9. The van der Waals surface area contributed by atoms with E-state index in [-0.39, 0.29) is 11.9 Å². The molecule has 4 aromatic rings. The Hall–Kier alpha value is -3.61. The molecule has 2 aromatic carbocycles. The SMILES string of the molecule is COc1ccc(C(=O)N2CCCC[C@H]2c2nc3ccc(C)cc3[nH]2)cc1Cn1cccn1. The molecule has 1 saturated heterocycles. The molecule has 0 bridgehead atoms. The normalized spacial score (nSPS) is 16.4. The topological polar surface area (TPSA) is 76.0 Å². The summed E-state index contributed by atoms with van der Waals surface area (Å²) in [6.07, 6.45) is 6.63. The third-order valence-electron chi connectivity index (χ3n) is 6.15. The molecule has 32 heavy (non-hydrogen) atoms. The first-order chi connectivity index (χ1) is 15.6. The Morgan fingerprint density at radius 3 is 2.94 bits per heavy atom. The van der Waals surface area contributed by atoms with E-state index in [1.807, 2.05) is 46.1 Å². The van der Waals surface area contributed by atoms with Crippen LogP contribution in [-0.4, -0.2) is 44.2 Å². The molecule has 1 amide bonds. The van der Waals surface area contributed by atoms with Crippen molar-refractivity contribution in [3.8, 4) is 5.75 Å². The van der Waals surface area contributed by atoms with Crippen LogP contribution in [0.4, 0.5) is 0 Å². The monoisotopic (exact) mass is 429 g/mol. The number of aromatic amines is 1. The molecule has 1 atom stereocenters. The van der Waals surface area contributed by atoms with Gasteiger partial charge in [0.25, 0.3) is 5.91 Å². The second kappa shape index (κ2) is 8.49. The molecular weight excluding hydrogens is 402 g/mol. The zero-order valence-electron chi connectivity index (χ0n) is 18.4. The maximum absolute atomic E-state index is 13.6. The van der Waals surface area contributed by atoms with Gasteiger partial charge in [0.05, 0.1) is 30.7 Å². The molecule has 0 unspecified atom stereocenters. The smallest absolute Gasteiger partial charge is 0.254 e. The summed E-state index contributed by atoms with van der Waals surface area (Å²) < 4.78 is 7.35. The molecule has 1 aliphatic heterocycles. The van der Waals surface area contributed by atoms with Gasteiger partial charge in [0.15, 0.2) is 0 Å². The summed E-state index contributed by atoms with van der Waals surface area (Å²) in [5.74, 6) is 1.64. The van der Waals surface area contributed by atoms with E-state index in [0.29, 0.717) is 12.1 Å². The fourth-order valence-electron chi connectivity index (χ4n) is 4.53. The minimum Gasteiger partial charge on any atom is -0.496 e. The van der Waals surface area contributed by atoms with Gasteiger partial charge in [0, 0.05) is 30.1 Å². The first-order valence-corrected chi connectivity index (χ1v) is 11.0. The molecule has 7 heteroatoms. The summed E-state index contributed by atoms with van der Waals surface area (Å²) in [7, 11) is 1.65. The van der Waals surface area contributed by atoms with Crippen molar-refractivity contribution in [1.29, 1.82) is 0 Å². The van der Waals surface area contributed by atoms with Crippen LogP contribution in [0.3, 0.4) is 0 Å². The van der Waals surface area contributed by atoms with Crippen LogP contribution in [0.5, 0.6) is 5.75 Å². The number of nitrogens with one attached hydrogen (secondary N) is 1. The quantitative estimate of drug-likeness (QED) is 0.507. The number of aryl methyl sites for hydroxylation is 1. The molecule has 0 spiro atoms. The number of ether oxygens (including phenoxy) is 1. The molecule has 0 saturated carbocycles. The lowest BCUT2D eigenvalue weighted by atomic mass is 9.99. The Morgan fingerprint density at radius 1 is 1.22 bits per heavy atom. The lowest BCUT2D eigenvalue weighted by Crippen LogP contribution is -2.39. The fourth-order valence-corrected chi connectivity index (χ4v) is 4.53. The lowest BCUT2D eigenvalue weighted by molar-refractivity contribution is 0.0601. The van der Waals surface area contributed by atoms with Gasteiger partial charge >= 0.3 is 0 Å². The molecule has 1 fully saturated rings. The number of benzene rings is 2. The number of fused-ring (bicyclic) bond motifs is 1. The highest BCUT2D eigenvalue weighted by Gasteiger charge is 2.31. The molecule has 2 aromatic heterocycles. The maximum atomic E-state index is 13.6. The van der Waals surface area contributed by atoms with E-state index in [1.165, 1.54) is 5.56 Å². The van der Waals surface area contributed by atoms with Crippen LogP contribution < -0.4 is 4.74 Å². The van der Waals surface area contributed by atoms with Gasteiger partial charge in [-0.2, -0.15) is 5.10 Å². The van der Waals surface area contributed by atoms with Gasteiger partial charge in [-0.15, -0.1) is 0 Å². The van der Waals surface area contributed by atoms with Crippen LogP contribution in [0.15, 0.2) is 54.9 Å². The number of amides is 1. The van der Waals surface area contributed by atoms with Crippen LogP contribution in [0.25, 0.3) is 11.0 Å². The molecule has 1 N–H and O–H groups in total. The van der Waals surface area contributed by atoms with Crippen molar-refractivity contribution < 1.29 is 9.53 Å². The number of carbonyl (C=O) groups excluding carboxylic acids is 1. The number of nitrogens with zero attached hydrogens (tertiary/aromatic N) is 4. The second-order valence-corrected chi connectivity index (χ2v) is 8.38. The minimum atomic E-state index is -0.0550. The fraction of sp³-hybridized carbons (Fsp3) is 0.320. The summed E-state index contributed by atoms with van der Waals surface area (Å²) in [6.45, 7) is 3.34. The summed E-state index contributed by atoms with van der Waals surface area (Å²) >= 11 is 0. The van der Waals surface area contributed by atoms with Gasteiger partial charge in [-0.1, -0.05) is 6.07 Å². The predicted molar refractivity (Wildman–Crippen MR) is 123 cm³/mol. The number of methoxy groups -OCH3 is 1. The number of hydrogen-bond donors (Lipinski definition) is 1. The van der Waals surface area contributed by atoms with E-state index in [0.717, 1.165) is 54.0 Å². The molecule has 164 valence electrons. The molecule has 5 rings (SSSR count). The van der Waals surface area contributed by atoms with Gasteiger partial charge in [-0.05, 0) is 68.1 Å². The van der Waals surface area contributed by atoms with Crippen LogP contribution in [0.1, 0.15) is 52.6 Å². The molecular formula is C25H27N5O2. The van der Waals surface area contributed by atoms with Crippen molar-refractivity contribution in [1.82, 2.24) is 24.6 Å². The van der Waals surface area contributed by atoms with Gasteiger partial charge in [0.1, 0.15) is 11.6 Å². The van der Waals surface area contributed by atoms with Crippen LogP contribution in [0.2, 0.25) is 0 Å². The Kier molecular flexibility index (Phi) is 5.39. The summed E-state index contributed by atoms with van der Waals surface area (Å²) in [5.41, 5.74) is 4.73. The van der Waals surface area contributed by atoms with E-state index >= 15 is 0 Å². The average molecular weight is 430 g/mol. The molecule has 0 aliphatic carbocycles. The second-order valence-electron chi connectivity index (χ2n) is 8.38. The van der Waals surface area contributed by atoms with Crippen molar-refractivity contribution >= 4 is 16.9 Å². The predicted octanol–water partition coefficient (Wildman–Crippen LogP) is 4.49. The van der Waals surface area contributed by atoms with Crippen LogP contribution >= 0.6 is 0 Å². The lowest BCUT2D eigenvalue weighted by Gasteiger charge is -2.34. The van der Waals surface area contributed by atoms with Crippen molar-refractivity contribution in [3.63, 3.8) is 0 Å². The highest BCUT2D eigenvalue weighted by atomic mass is 16.5. The van der Waals surface area contributed by atoms with Crippen molar-refractivity contribution in [2.24, 2.45) is 0 Å². The highest BCUT2D eigenvalue weighted by molar-refractivity contribution is 5.95. The number of piperidine rings is 1. The van der Waals surface area contributed by atoms with Crippen LogP contribution in [-0.2, 0) is 6.54 Å². The third-order valence-corrected chi connectivity index (χ3v) is 6.15. The minimum absolute atomic E-state index is 0.0238. The Balaban J connectivity index is 1.46. The summed E-state index contributed by atoms with van der Waals surface area (Å²) in [5, 5.41) is 4.28. The number of H-pyrrole nitrogens is 1. The van der Waals surface area contributed by atoms with Gasteiger partial charge in [-0.25, -0.2) is 4.98 Å². The van der Waals surface area contributed by atoms with E-state index < -0.39 is 0 Å². The first kappa shape index (κ1) is 20.3. The zero-order valence-corrected chi connectivity index (χ0v) is 18.4. The van der Waals surface area contributed by atoms with E-state index in [2.05, 4.69) is 29.1 Å². The summed E-state index contributed by atoms with van der Waals surface area (Å²) in [6, 6.07) is 13.7. The Labute approximate surface area is 187 Å². The Morgan fingerprint density at radius 2 is 2.12 bits per heavy atom. The molecule has 1 aliphatic rings. The number of likely N-dealkylation sites (tertiary alicyclic amines) is 1. The van der Waals surface area contributed by atoms with Gasteiger partial charge < -0.3 is 14.6 Å². The average Bonchev–Trinajstić information content (AvgIpc) is 3.48. The van der Waals surface area contributed by atoms with Crippen molar-refractivity contribution in [3.05, 3.63) is 77.4 Å². The number of aromatic nitrogens is 4. The van der Waals surface area contributed by atoms with Crippen molar-refractivity contribution in [2.75, 3.05) is 13.7 Å². The van der Waals surface area contributed by atoms with E-state index in [1.54, 1.807) is 13.3 Å². The number of carbonyl (C=O) groups is 1. The third kappa shape index (κ3) is 3.86. The zero-order chi connectivity index (χ0) is 22.1. The molecule has 7 nitrogen and oxygen atoms in total. The first-order valence-electron chi connectivity index (χ1n) is 11.0. The molecule has 0 radical (unpaired) electrons. The number of rotatable bonds is 5. The standard InChI is InChI=1S/C25H27N5O2/c1-17-7-9-20-21(14-17)28-24(27-20)22-6-3-4-13-30(22)25(31)18-8-10-23(32-2)19(15-18)16-29-12-5-11-26-29/h5,7-12,14-15,22H,3-4,6,13,16H2,1-2H3,(H,27,28)/t22-/m0/s1. The van der Waals surface area contributed by atoms with E-state index in [9.17, 15) is 4.79 Å². The van der Waals surface area contributed by atoms with Gasteiger partial charge in [-0.3, -0.25) is 9.48 Å². The largest absolute Gasteiger partial charge is 0.496 e. The van der Waals surface area contributed by atoms with E-state index in [4.69, 9.17) is 9.72 Å². The maximum Gasteiger partial charge on any atom is 0.254 e. The van der Waals surface area contributed by atoms with Crippen LogP contribution in [0, 0.1) is 6.92 Å². The Bertz CT molecular complexity index is 1240. The highest BCUT2D eigenvalue weighted by Crippen LogP contribution is 2.32. The van der Waals surface area contributed by atoms with Gasteiger partial charge in [0.2, 0.25) is 0 Å².